The predicted molar refractivity (Wildman–Crippen MR) is 99.0 cm³/mol. The van der Waals surface area contributed by atoms with Gasteiger partial charge < -0.3 is 0 Å². The fraction of sp³-hybridized carbons (Fsp3) is 0.682. The van der Waals surface area contributed by atoms with Crippen molar-refractivity contribution in [3.63, 3.8) is 0 Å². The highest BCUT2D eigenvalue weighted by atomic mass is 16.1. The maximum absolute atomic E-state index is 12.9. The summed E-state index contributed by atoms with van der Waals surface area (Å²) in [4.78, 5) is 12.9. The van der Waals surface area contributed by atoms with E-state index in [9.17, 15) is 4.79 Å². The van der Waals surface area contributed by atoms with Crippen LogP contribution in [0.5, 0.6) is 0 Å². The average Bonchev–Trinajstić information content (AvgIpc) is 2.59. The summed E-state index contributed by atoms with van der Waals surface area (Å²) in [6.07, 6.45) is 9.71. The Morgan fingerprint density at radius 3 is 2.43 bits per heavy atom. The lowest BCUT2D eigenvalue weighted by atomic mass is 9.73. The quantitative estimate of drug-likeness (QED) is 0.534. The van der Waals surface area contributed by atoms with Crippen LogP contribution in [0.4, 0.5) is 0 Å². The molecule has 1 aliphatic carbocycles. The number of unbranched alkanes of at least 4 members (excludes halogenated alkanes) is 1. The molecule has 1 unspecified atom stereocenters. The van der Waals surface area contributed by atoms with E-state index in [1.165, 1.54) is 37.7 Å². The van der Waals surface area contributed by atoms with E-state index < -0.39 is 0 Å². The van der Waals surface area contributed by atoms with Crippen LogP contribution in [0.3, 0.4) is 0 Å². The largest absolute Gasteiger partial charge is 0.294 e. The summed E-state index contributed by atoms with van der Waals surface area (Å²) in [5.41, 5.74) is 3.45. The Balaban J connectivity index is 1.93. The van der Waals surface area contributed by atoms with Crippen molar-refractivity contribution >= 4 is 5.78 Å². The first-order chi connectivity index (χ1) is 11.1. The first-order valence-electron chi connectivity index (χ1n) is 9.70. The van der Waals surface area contributed by atoms with Gasteiger partial charge in [0.15, 0.2) is 5.78 Å². The van der Waals surface area contributed by atoms with Gasteiger partial charge in [0, 0.05) is 11.5 Å². The van der Waals surface area contributed by atoms with E-state index in [4.69, 9.17) is 0 Å². The normalized spacial score (nSPS) is 22.8. The van der Waals surface area contributed by atoms with Crippen LogP contribution in [0, 0.1) is 24.7 Å². The molecule has 0 saturated heterocycles. The fourth-order valence-corrected chi connectivity index (χ4v) is 4.15. The second kappa shape index (κ2) is 8.66. The number of rotatable bonds is 7. The molecule has 0 bridgehead atoms. The maximum atomic E-state index is 12.9. The Morgan fingerprint density at radius 2 is 1.87 bits per heavy atom. The Morgan fingerprint density at radius 1 is 1.17 bits per heavy atom. The summed E-state index contributed by atoms with van der Waals surface area (Å²) in [5.74, 6) is 2.33. The van der Waals surface area contributed by atoms with E-state index in [-0.39, 0.29) is 5.92 Å². The molecule has 1 heteroatoms. The number of aryl methyl sites for hydroxylation is 2. The van der Waals surface area contributed by atoms with Gasteiger partial charge in [-0.15, -0.1) is 0 Å². The number of benzene rings is 1. The van der Waals surface area contributed by atoms with Crippen LogP contribution in [-0.4, -0.2) is 5.78 Å². The fourth-order valence-electron chi connectivity index (χ4n) is 4.15. The van der Waals surface area contributed by atoms with E-state index in [0.717, 1.165) is 42.2 Å². The minimum atomic E-state index is 0.260. The third kappa shape index (κ3) is 4.68. The summed E-state index contributed by atoms with van der Waals surface area (Å²) in [7, 11) is 0. The van der Waals surface area contributed by atoms with Crippen LogP contribution in [0.15, 0.2) is 18.2 Å². The first kappa shape index (κ1) is 18.2. The first-order valence-corrected chi connectivity index (χ1v) is 9.70. The number of carbonyl (C=O) groups excluding carboxylic acids is 1. The minimum Gasteiger partial charge on any atom is -0.294 e. The van der Waals surface area contributed by atoms with E-state index in [0.29, 0.717) is 5.78 Å². The molecule has 0 amide bonds. The van der Waals surface area contributed by atoms with Crippen molar-refractivity contribution in [2.24, 2.45) is 17.8 Å². The van der Waals surface area contributed by atoms with Gasteiger partial charge in [0.1, 0.15) is 0 Å². The van der Waals surface area contributed by atoms with Gasteiger partial charge in [-0.25, -0.2) is 0 Å². The van der Waals surface area contributed by atoms with Gasteiger partial charge in [-0.3, -0.25) is 4.79 Å². The molecule has 0 aliphatic heterocycles. The van der Waals surface area contributed by atoms with Crippen LogP contribution in [0.2, 0.25) is 0 Å². The molecular weight excluding hydrogens is 280 g/mol. The minimum absolute atomic E-state index is 0.260. The third-order valence-electron chi connectivity index (χ3n) is 5.92. The van der Waals surface area contributed by atoms with Crippen molar-refractivity contribution in [3.8, 4) is 0 Å². The number of hydrogen-bond acceptors (Lipinski definition) is 1. The van der Waals surface area contributed by atoms with Gasteiger partial charge in [-0.05, 0) is 62.0 Å². The molecule has 2 rings (SSSR count). The Kier molecular flexibility index (Phi) is 6.87. The smallest absolute Gasteiger partial charge is 0.166 e. The highest BCUT2D eigenvalue weighted by molar-refractivity contribution is 5.99. The Hall–Kier alpha value is -1.11. The molecule has 1 aromatic rings. The monoisotopic (exact) mass is 314 g/mol. The van der Waals surface area contributed by atoms with Gasteiger partial charge in [0.25, 0.3) is 0 Å². The number of Topliss-reactive ketones (excluding diaryl/α,β-unsaturated/α-hetero) is 1. The average molecular weight is 315 g/mol. The molecule has 0 N–H and O–H groups in total. The maximum Gasteiger partial charge on any atom is 0.166 e. The Bertz CT molecular complexity index is 509. The molecule has 0 heterocycles. The lowest BCUT2D eigenvalue weighted by Gasteiger charge is -2.32. The van der Waals surface area contributed by atoms with Crippen molar-refractivity contribution in [1.29, 1.82) is 0 Å². The van der Waals surface area contributed by atoms with Gasteiger partial charge in [0.2, 0.25) is 0 Å². The van der Waals surface area contributed by atoms with E-state index in [2.05, 4.69) is 45.9 Å². The van der Waals surface area contributed by atoms with Crippen LogP contribution < -0.4 is 0 Å². The van der Waals surface area contributed by atoms with Crippen molar-refractivity contribution in [1.82, 2.24) is 0 Å². The summed E-state index contributed by atoms with van der Waals surface area (Å²) in [6, 6.07) is 6.37. The molecule has 0 aromatic heterocycles. The molecule has 1 fully saturated rings. The summed E-state index contributed by atoms with van der Waals surface area (Å²) >= 11 is 0. The Labute approximate surface area is 142 Å². The van der Waals surface area contributed by atoms with E-state index >= 15 is 0 Å². The van der Waals surface area contributed by atoms with Crippen LogP contribution in [0.1, 0.15) is 87.2 Å². The van der Waals surface area contributed by atoms with Gasteiger partial charge in [-0.2, -0.15) is 0 Å². The molecule has 1 nitrogen and oxygen atoms in total. The zero-order valence-corrected chi connectivity index (χ0v) is 15.5. The molecular formula is C22H34O. The lowest BCUT2D eigenvalue weighted by Crippen LogP contribution is -2.25. The summed E-state index contributed by atoms with van der Waals surface area (Å²) < 4.78 is 0. The lowest BCUT2D eigenvalue weighted by molar-refractivity contribution is 0.0853. The van der Waals surface area contributed by atoms with Gasteiger partial charge in [0.05, 0.1) is 0 Å². The molecule has 23 heavy (non-hydrogen) atoms. The number of carbonyl (C=O) groups is 1. The number of hydrogen-bond donors (Lipinski definition) is 0. The molecule has 0 spiro atoms. The zero-order chi connectivity index (χ0) is 16.8. The molecule has 1 saturated carbocycles. The van der Waals surface area contributed by atoms with Crippen molar-refractivity contribution < 1.29 is 4.79 Å². The molecule has 1 atom stereocenters. The third-order valence-corrected chi connectivity index (χ3v) is 5.92. The highest BCUT2D eigenvalue weighted by Crippen LogP contribution is 2.37. The molecule has 0 radical (unpaired) electrons. The second-order valence-electron chi connectivity index (χ2n) is 7.60. The molecule has 1 aromatic carbocycles. The van der Waals surface area contributed by atoms with E-state index in [1.807, 2.05) is 0 Å². The van der Waals surface area contributed by atoms with Crippen LogP contribution >= 0.6 is 0 Å². The molecule has 1 aliphatic rings. The van der Waals surface area contributed by atoms with Crippen molar-refractivity contribution in [2.75, 3.05) is 0 Å². The SMILES string of the molecule is CCCCC(C)C1CCC(C(=O)c2ccc(CC)cc2C)CC1. The van der Waals surface area contributed by atoms with Crippen molar-refractivity contribution in [2.45, 2.75) is 79.1 Å². The summed E-state index contributed by atoms with van der Waals surface area (Å²) in [6.45, 7) is 8.94. The topological polar surface area (TPSA) is 17.1 Å². The van der Waals surface area contributed by atoms with Gasteiger partial charge >= 0.3 is 0 Å². The standard InChI is InChI=1S/C22H34O/c1-5-7-8-16(3)19-10-12-20(13-11-19)22(23)21-14-9-18(6-2)15-17(21)4/h9,14-16,19-20H,5-8,10-13H2,1-4H3. The molecule has 128 valence electrons. The highest BCUT2D eigenvalue weighted by Gasteiger charge is 2.29. The van der Waals surface area contributed by atoms with Crippen LogP contribution in [-0.2, 0) is 6.42 Å². The van der Waals surface area contributed by atoms with Gasteiger partial charge in [-0.1, -0.05) is 58.2 Å². The van der Waals surface area contributed by atoms with Crippen molar-refractivity contribution in [3.05, 3.63) is 34.9 Å². The van der Waals surface area contributed by atoms with E-state index in [1.54, 1.807) is 0 Å². The zero-order valence-electron chi connectivity index (χ0n) is 15.5. The predicted octanol–water partition coefficient (Wildman–Crippen LogP) is 6.37. The second-order valence-corrected chi connectivity index (χ2v) is 7.60. The number of ketones is 1. The van der Waals surface area contributed by atoms with Crippen LogP contribution in [0.25, 0.3) is 0 Å². The summed E-state index contributed by atoms with van der Waals surface area (Å²) in [5, 5.41) is 0.